The lowest BCUT2D eigenvalue weighted by atomic mass is 9.54. The fourth-order valence-electron chi connectivity index (χ4n) is 3.28. The molecule has 134 valence electrons. The number of aryl methyl sites for hydroxylation is 1. The number of carbonyl (C=O) groups excluding carboxylic acids is 1. The van der Waals surface area contributed by atoms with Crippen LogP contribution in [0.4, 0.5) is 0 Å². The van der Waals surface area contributed by atoms with Gasteiger partial charge in [-0.05, 0) is 44.4 Å². The van der Waals surface area contributed by atoms with Gasteiger partial charge in [0.1, 0.15) is 5.54 Å². The summed E-state index contributed by atoms with van der Waals surface area (Å²) in [7, 11) is 0. The number of amides is 1. The predicted molar refractivity (Wildman–Crippen MR) is 101 cm³/mol. The van der Waals surface area contributed by atoms with Crippen molar-refractivity contribution in [3.8, 4) is 0 Å². The van der Waals surface area contributed by atoms with E-state index in [9.17, 15) is 4.79 Å². The number of nitrogens with one attached hydrogen (secondary N) is 1. The van der Waals surface area contributed by atoms with E-state index < -0.39 is 5.54 Å². The largest absolute Gasteiger partial charge is 0.378 e. The van der Waals surface area contributed by atoms with Gasteiger partial charge in [-0.15, -0.1) is 0 Å². The Morgan fingerprint density at radius 3 is 2.58 bits per heavy atom. The second-order valence-electron chi connectivity index (χ2n) is 7.38. The maximum Gasteiger partial charge on any atom is 0.241 e. The Hall–Kier alpha value is -0.910. The molecule has 1 aromatic carbocycles. The van der Waals surface area contributed by atoms with E-state index >= 15 is 0 Å². The topological polar surface area (TPSA) is 64.3 Å². The molecule has 3 unspecified atom stereocenters. The van der Waals surface area contributed by atoms with Crippen molar-refractivity contribution < 1.29 is 9.53 Å². The molecule has 1 aromatic rings. The molecule has 0 radical (unpaired) electrons. The lowest BCUT2D eigenvalue weighted by Gasteiger charge is -2.57. The fourth-order valence-corrected chi connectivity index (χ4v) is 3.54. The third-order valence-corrected chi connectivity index (χ3v) is 5.92. The number of hydrogen-bond donors (Lipinski definition) is 2. The number of benzene rings is 1. The van der Waals surface area contributed by atoms with Gasteiger partial charge in [0.05, 0.1) is 6.10 Å². The molecule has 1 amide bonds. The number of nitrogens with two attached hydrogens (primary N) is 1. The predicted octanol–water partition coefficient (Wildman–Crippen LogP) is 3.42. The summed E-state index contributed by atoms with van der Waals surface area (Å²) >= 11 is 3.44. The molecule has 0 heterocycles. The second-order valence-corrected chi connectivity index (χ2v) is 8.30. The number of hydrogen-bond acceptors (Lipinski definition) is 3. The van der Waals surface area contributed by atoms with Crippen LogP contribution >= 0.6 is 15.9 Å². The average Bonchev–Trinajstić information content (AvgIpc) is 2.53. The Morgan fingerprint density at radius 2 is 2.04 bits per heavy atom. The highest BCUT2D eigenvalue weighted by Gasteiger charge is 2.62. The Labute approximate surface area is 153 Å². The first kappa shape index (κ1) is 19.4. The zero-order valence-electron chi connectivity index (χ0n) is 15.1. The summed E-state index contributed by atoms with van der Waals surface area (Å²) in [5.41, 5.74) is 6.49. The third kappa shape index (κ3) is 3.84. The molecule has 24 heavy (non-hydrogen) atoms. The van der Waals surface area contributed by atoms with E-state index in [4.69, 9.17) is 10.5 Å². The molecule has 4 nitrogen and oxygen atoms in total. The normalized spacial score (nSPS) is 26.5. The number of rotatable bonds is 7. The molecule has 1 aliphatic carbocycles. The van der Waals surface area contributed by atoms with Gasteiger partial charge in [0.2, 0.25) is 5.91 Å². The minimum Gasteiger partial charge on any atom is -0.378 e. The molecule has 1 saturated carbocycles. The number of ether oxygens (including phenoxy) is 1. The summed E-state index contributed by atoms with van der Waals surface area (Å²) < 4.78 is 6.77. The monoisotopic (exact) mass is 396 g/mol. The van der Waals surface area contributed by atoms with Crippen molar-refractivity contribution in [1.29, 1.82) is 0 Å². The lowest BCUT2D eigenvalue weighted by molar-refractivity contribution is -0.171. The van der Waals surface area contributed by atoms with Crippen LogP contribution in [-0.4, -0.2) is 30.2 Å². The first-order chi connectivity index (χ1) is 11.2. The molecule has 3 atom stereocenters. The van der Waals surface area contributed by atoms with Gasteiger partial charge >= 0.3 is 0 Å². The van der Waals surface area contributed by atoms with Crippen LogP contribution in [0, 0.1) is 5.41 Å². The van der Waals surface area contributed by atoms with Crippen molar-refractivity contribution in [2.45, 2.75) is 64.6 Å². The molecule has 5 heteroatoms. The minimum absolute atomic E-state index is 0.0521. The van der Waals surface area contributed by atoms with Crippen LogP contribution < -0.4 is 11.1 Å². The highest BCUT2D eigenvalue weighted by Crippen LogP contribution is 2.49. The van der Waals surface area contributed by atoms with Gasteiger partial charge in [0.15, 0.2) is 0 Å². The van der Waals surface area contributed by atoms with Gasteiger partial charge < -0.3 is 15.8 Å². The summed E-state index contributed by atoms with van der Waals surface area (Å²) in [6.45, 7) is 8.68. The van der Waals surface area contributed by atoms with Crippen LogP contribution in [0.1, 0.15) is 46.1 Å². The van der Waals surface area contributed by atoms with E-state index in [2.05, 4.69) is 33.4 Å². The quantitative estimate of drug-likeness (QED) is 0.741. The molecule has 0 aromatic heterocycles. The van der Waals surface area contributed by atoms with Crippen LogP contribution in [0.2, 0.25) is 0 Å². The Bertz CT molecular complexity index is 573. The Balaban J connectivity index is 1.86. The standard InChI is InChI=1S/C19H29BrN2O2/c1-5-24-16-12-19(21,18(16,3)4)17(23)22-13(2)6-7-14-8-10-15(20)11-9-14/h8-11,13,16H,5-7,12,21H2,1-4H3,(H,22,23). The van der Waals surface area contributed by atoms with Crippen molar-refractivity contribution in [3.05, 3.63) is 34.3 Å². The summed E-state index contributed by atoms with van der Waals surface area (Å²) in [6.07, 6.45) is 2.45. The van der Waals surface area contributed by atoms with Gasteiger partial charge in [0.25, 0.3) is 0 Å². The van der Waals surface area contributed by atoms with Crippen LogP contribution in [0.15, 0.2) is 28.7 Å². The summed E-state index contributed by atoms with van der Waals surface area (Å²) in [5, 5.41) is 3.09. The van der Waals surface area contributed by atoms with Gasteiger partial charge in [0, 0.05) is 29.0 Å². The van der Waals surface area contributed by atoms with E-state index in [-0.39, 0.29) is 23.5 Å². The van der Waals surface area contributed by atoms with Gasteiger partial charge in [-0.25, -0.2) is 0 Å². The van der Waals surface area contributed by atoms with E-state index in [1.165, 1.54) is 5.56 Å². The number of halogens is 1. The summed E-state index contributed by atoms with van der Waals surface area (Å²) in [4.78, 5) is 12.7. The molecule has 0 saturated heterocycles. The van der Waals surface area contributed by atoms with Crippen LogP contribution in [-0.2, 0) is 16.0 Å². The maximum atomic E-state index is 12.7. The lowest BCUT2D eigenvalue weighted by Crippen LogP contribution is -2.76. The summed E-state index contributed by atoms with van der Waals surface area (Å²) in [5.74, 6) is -0.0632. The smallest absolute Gasteiger partial charge is 0.241 e. The van der Waals surface area contributed by atoms with Gasteiger partial charge in [-0.1, -0.05) is 41.9 Å². The minimum atomic E-state index is -0.849. The maximum absolute atomic E-state index is 12.7. The van der Waals surface area contributed by atoms with Crippen LogP contribution in [0.3, 0.4) is 0 Å². The molecule has 0 aliphatic heterocycles. The fraction of sp³-hybridized carbons (Fsp3) is 0.632. The highest BCUT2D eigenvalue weighted by molar-refractivity contribution is 9.10. The zero-order chi connectivity index (χ0) is 18.0. The van der Waals surface area contributed by atoms with Crippen molar-refractivity contribution >= 4 is 21.8 Å². The average molecular weight is 397 g/mol. The van der Waals surface area contributed by atoms with E-state index in [1.807, 2.05) is 39.8 Å². The van der Waals surface area contributed by atoms with Gasteiger partial charge in [-0.3, -0.25) is 4.79 Å². The van der Waals surface area contributed by atoms with Crippen molar-refractivity contribution in [2.24, 2.45) is 11.1 Å². The zero-order valence-corrected chi connectivity index (χ0v) is 16.7. The third-order valence-electron chi connectivity index (χ3n) is 5.39. The first-order valence-electron chi connectivity index (χ1n) is 8.66. The first-order valence-corrected chi connectivity index (χ1v) is 9.46. The number of carbonyl (C=O) groups is 1. The van der Waals surface area contributed by atoms with Gasteiger partial charge in [-0.2, -0.15) is 0 Å². The molecule has 3 N–H and O–H groups in total. The van der Waals surface area contributed by atoms with E-state index in [1.54, 1.807) is 0 Å². The molecule has 1 fully saturated rings. The SMILES string of the molecule is CCOC1CC(N)(C(=O)NC(C)CCc2ccc(Br)cc2)C1(C)C. The summed E-state index contributed by atoms with van der Waals surface area (Å²) in [6, 6.07) is 8.37. The van der Waals surface area contributed by atoms with E-state index in [0.29, 0.717) is 13.0 Å². The van der Waals surface area contributed by atoms with Crippen molar-refractivity contribution in [1.82, 2.24) is 5.32 Å². The molecular weight excluding hydrogens is 368 g/mol. The van der Waals surface area contributed by atoms with Crippen molar-refractivity contribution in [2.75, 3.05) is 6.61 Å². The van der Waals surface area contributed by atoms with Crippen LogP contribution in [0.25, 0.3) is 0 Å². The van der Waals surface area contributed by atoms with Crippen molar-refractivity contribution in [3.63, 3.8) is 0 Å². The Morgan fingerprint density at radius 1 is 1.42 bits per heavy atom. The molecule has 1 aliphatic rings. The van der Waals surface area contributed by atoms with Crippen LogP contribution in [0.5, 0.6) is 0 Å². The molecule has 2 rings (SSSR count). The Kier molecular flexibility index (Phi) is 6.10. The molecule has 0 bridgehead atoms. The second kappa shape index (κ2) is 7.54. The molecule has 0 spiro atoms. The molecular formula is C19H29BrN2O2. The highest BCUT2D eigenvalue weighted by atomic mass is 79.9. The van der Waals surface area contributed by atoms with E-state index in [0.717, 1.165) is 17.3 Å².